The fraction of sp³-hybridized carbons (Fsp3) is 0.818. The summed E-state index contributed by atoms with van der Waals surface area (Å²) in [5, 5.41) is 22.1. The van der Waals surface area contributed by atoms with E-state index >= 15 is 0 Å². The van der Waals surface area contributed by atoms with E-state index in [-0.39, 0.29) is 25.5 Å². The maximum absolute atomic E-state index is 11.6. The van der Waals surface area contributed by atoms with Gasteiger partial charge >= 0.3 is 0 Å². The molecule has 0 heterocycles. The second-order valence-corrected chi connectivity index (χ2v) is 5.15. The molecule has 6 nitrogen and oxygen atoms in total. The van der Waals surface area contributed by atoms with E-state index in [0.717, 1.165) is 0 Å². The Labute approximate surface area is 123 Å². The highest BCUT2D eigenvalue weighted by molar-refractivity contribution is 7.99. The number of thiol groups is 2. The fourth-order valence-corrected chi connectivity index (χ4v) is 2.39. The van der Waals surface area contributed by atoms with E-state index in [0.29, 0.717) is 0 Å². The second-order valence-electron chi connectivity index (χ2n) is 4.11. The average Bonchev–Trinajstić information content (AvgIpc) is 2.34. The van der Waals surface area contributed by atoms with Gasteiger partial charge in [-0.2, -0.15) is 0 Å². The first kappa shape index (κ1) is 18.7. The van der Waals surface area contributed by atoms with Gasteiger partial charge in [-0.15, -0.1) is 25.3 Å². The van der Waals surface area contributed by atoms with Crippen LogP contribution in [0.1, 0.15) is 27.2 Å². The van der Waals surface area contributed by atoms with Crippen LogP contribution in [0.2, 0.25) is 0 Å². The molecule has 0 aliphatic carbocycles. The van der Waals surface area contributed by atoms with Crippen molar-refractivity contribution in [1.82, 2.24) is 5.32 Å². The Balaban J connectivity index is 5.28. The Morgan fingerprint density at radius 2 is 1.95 bits per heavy atom. The van der Waals surface area contributed by atoms with Crippen molar-refractivity contribution in [3.05, 3.63) is 0 Å². The van der Waals surface area contributed by atoms with Gasteiger partial charge in [0.15, 0.2) is 0 Å². The molecule has 19 heavy (non-hydrogen) atoms. The molecule has 112 valence electrons. The predicted molar refractivity (Wildman–Crippen MR) is 77.3 cm³/mol. The molecule has 1 amide bonds. The summed E-state index contributed by atoms with van der Waals surface area (Å²) in [7, 11) is 0. The molecular formula is C11H21NO5S2. The molecule has 0 saturated heterocycles. The molecule has 0 saturated carbocycles. The van der Waals surface area contributed by atoms with Gasteiger partial charge in [0.1, 0.15) is 11.7 Å². The first-order chi connectivity index (χ1) is 8.65. The summed E-state index contributed by atoms with van der Waals surface area (Å²) in [6.45, 7) is 4.34. The quantitative estimate of drug-likeness (QED) is 0.314. The molecule has 0 rings (SSSR count). The molecule has 0 aliphatic heterocycles. The van der Waals surface area contributed by atoms with E-state index in [4.69, 9.17) is 4.74 Å². The van der Waals surface area contributed by atoms with Crippen LogP contribution < -0.4 is 5.32 Å². The second kappa shape index (κ2) is 7.49. The van der Waals surface area contributed by atoms with Crippen molar-refractivity contribution in [2.24, 2.45) is 0 Å². The molecule has 0 radical (unpaired) electrons. The molecule has 0 aromatic heterocycles. The van der Waals surface area contributed by atoms with Crippen LogP contribution in [0.15, 0.2) is 0 Å². The molecule has 0 aromatic rings. The van der Waals surface area contributed by atoms with Crippen molar-refractivity contribution in [3.8, 4) is 0 Å². The lowest BCUT2D eigenvalue weighted by molar-refractivity contribution is -0.182. The van der Waals surface area contributed by atoms with Gasteiger partial charge in [0.25, 0.3) is 0 Å². The van der Waals surface area contributed by atoms with Gasteiger partial charge in [-0.05, 0) is 13.3 Å². The van der Waals surface area contributed by atoms with Crippen LogP contribution >= 0.6 is 25.3 Å². The molecule has 0 fully saturated rings. The largest absolute Gasteiger partial charge is 0.388 e. The zero-order valence-corrected chi connectivity index (χ0v) is 13.0. The maximum atomic E-state index is 11.6. The number of hydrogen-bond donors (Lipinski definition) is 5. The minimum absolute atomic E-state index is 0.0104. The van der Waals surface area contributed by atoms with Crippen LogP contribution in [0.4, 0.5) is 0 Å². The Kier molecular flexibility index (Phi) is 7.38. The Hall–Kier alpha value is -0.280. The molecule has 0 aromatic carbocycles. The van der Waals surface area contributed by atoms with Crippen LogP contribution in [-0.4, -0.2) is 51.0 Å². The first-order valence-electron chi connectivity index (χ1n) is 5.90. The van der Waals surface area contributed by atoms with Crippen molar-refractivity contribution in [2.45, 2.75) is 43.8 Å². The first-order valence-corrected chi connectivity index (χ1v) is 6.79. The Bertz CT molecular complexity index is 341. The van der Waals surface area contributed by atoms with E-state index in [1.807, 2.05) is 0 Å². The highest BCUT2D eigenvalue weighted by Gasteiger charge is 2.56. The van der Waals surface area contributed by atoms with Crippen molar-refractivity contribution < 1.29 is 24.5 Å². The number of aliphatic hydroxyl groups is 2. The molecule has 3 atom stereocenters. The number of amides is 1. The van der Waals surface area contributed by atoms with Gasteiger partial charge in [0.2, 0.25) is 16.0 Å². The van der Waals surface area contributed by atoms with Gasteiger partial charge in [0.05, 0.1) is 0 Å². The van der Waals surface area contributed by atoms with Gasteiger partial charge < -0.3 is 20.3 Å². The topological polar surface area (TPSA) is 95.9 Å². The third kappa shape index (κ3) is 4.09. The van der Waals surface area contributed by atoms with Crippen molar-refractivity contribution in [3.63, 3.8) is 0 Å². The number of carbonyl (C=O) groups excluding carboxylic acids is 2. The SMILES string of the molecule is CCO[C@@](S)(C(=O)S)[C@](O)(CC)[C@@H](O)CNC(C)=O. The Morgan fingerprint density at radius 3 is 2.26 bits per heavy atom. The number of rotatable bonds is 8. The fourth-order valence-electron chi connectivity index (χ4n) is 1.69. The van der Waals surface area contributed by atoms with Crippen LogP contribution in [0.5, 0.6) is 0 Å². The molecular weight excluding hydrogens is 290 g/mol. The summed E-state index contributed by atoms with van der Waals surface area (Å²) >= 11 is 7.73. The summed E-state index contributed by atoms with van der Waals surface area (Å²) in [4.78, 5) is 20.5. The van der Waals surface area contributed by atoms with Crippen molar-refractivity contribution >= 4 is 36.3 Å². The van der Waals surface area contributed by atoms with E-state index in [1.54, 1.807) is 13.8 Å². The number of carbonyl (C=O) groups is 2. The van der Waals surface area contributed by atoms with Gasteiger partial charge in [-0.3, -0.25) is 9.59 Å². The number of hydrogen-bond acceptors (Lipinski definition) is 6. The zero-order valence-electron chi connectivity index (χ0n) is 11.2. The standard InChI is InChI=1S/C11H21NO5S2/c1-4-10(16,8(14)6-12-7(3)13)11(19,9(15)18)17-5-2/h8,14,16,19H,4-6H2,1-3H3,(H,12,13)(H,15,18)/t8-,10-,11+/m0/s1. The lowest BCUT2D eigenvalue weighted by atomic mass is 9.86. The summed E-state index contributed by atoms with van der Waals surface area (Å²) in [5.41, 5.74) is -1.98. The monoisotopic (exact) mass is 311 g/mol. The van der Waals surface area contributed by atoms with Crippen LogP contribution in [0, 0.1) is 0 Å². The number of ether oxygens (including phenoxy) is 1. The Morgan fingerprint density at radius 1 is 1.42 bits per heavy atom. The van der Waals surface area contributed by atoms with Gasteiger partial charge in [0, 0.05) is 20.1 Å². The maximum Gasteiger partial charge on any atom is 0.231 e. The predicted octanol–water partition coefficient (Wildman–Crippen LogP) is -0.257. The smallest absolute Gasteiger partial charge is 0.231 e. The minimum Gasteiger partial charge on any atom is -0.388 e. The number of nitrogens with one attached hydrogen (secondary N) is 1. The normalized spacial score (nSPS) is 19.1. The van der Waals surface area contributed by atoms with Gasteiger partial charge in [-0.1, -0.05) is 6.92 Å². The lowest BCUT2D eigenvalue weighted by Crippen LogP contribution is -2.64. The van der Waals surface area contributed by atoms with E-state index < -0.39 is 21.8 Å². The molecule has 0 spiro atoms. The summed E-state index contributed by atoms with van der Waals surface area (Å²) < 4.78 is 5.19. The van der Waals surface area contributed by atoms with E-state index in [2.05, 4.69) is 30.6 Å². The molecule has 3 N–H and O–H groups in total. The number of aliphatic hydroxyl groups excluding tert-OH is 1. The third-order valence-corrected chi connectivity index (χ3v) is 4.08. The van der Waals surface area contributed by atoms with Crippen LogP contribution in [0.25, 0.3) is 0 Å². The van der Waals surface area contributed by atoms with Crippen molar-refractivity contribution in [1.29, 1.82) is 0 Å². The van der Waals surface area contributed by atoms with Gasteiger partial charge in [-0.25, -0.2) is 0 Å². The summed E-state index contributed by atoms with van der Waals surface area (Å²) in [5.74, 6) is -0.365. The summed E-state index contributed by atoms with van der Waals surface area (Å²) in [6, 6.07) is 0. The van der Waals surface area contributed by atoms with Crippen molar-refractivity contribution in [2.75, 3.05) is 13.2 Å². The van der Waals surface area contributed by atoms with Crippen LogP contribution in [-0.2, 0) is 14.3 Å². The average molecular weight is 311 g/mol. The zero-order chi connectivity index (χ0) is 15.3. The molecule has 0 unspecified atom stereocenters. The highest BCUT2D eigenvalue weighted by atomic mass is 32.1. The molecule has 8 heteroatoms. The minimum atomic E-state index is -1.98. The third-order valence-electron chi connectivity index (χ3n) is 2.86. The highest BCUT2D eigenvalue weighted by Crippen LogP contribution is 2.38. The molecule has 0 bridgehead atoms. The summed E-state index contributed by atoms with van der Waals surface area (Å²) in [6.07, 6.45) is -1.44. The molecule has 0 aliphatic rings. The van der Waals surface area contributed by atoms with Crippen LogP contribution in [0.3, 0.4) is 0 Å². The van der Waals surface area contributed by atoms with E-state index in [1.165, 1.54) is 6.92 Å². The lowest BCUT2D eigenvalue weighted by Gasteiger charge is -2.43. The van der Waals surface area contributed by atoms with E-state index in [9.17, 15) is 19.8 Å².